The van der Waals surface area contributed by atoms with Gasteiger partial charge in [-0.15, -0.1) is 11.3 Å². The highest BCUT2D eigenvalue weighted by Gasteiger charge is 2.48. The first-order valence-corrected chi connectivity index (χ1v) is 8.06. The lowest BCUT2D eigenvalue weighted by molar-refractivity contribution is -0.128. The molecule has 3 atom stereocenters. The summed E-state index contributed by atoms with van der Waals surface area (Å²) in [6.07, 6.45) is 3.65. The fourth-order valence-corrected chi connectivity index (χ4v) is 4.86. The number of nitrogens with zero attached hydrogens (tertiary/aromatic N) is 2. The molecule has 0 saturated heterocycles. The quantitative estimate of drug-likeness (QED) is 0.852. The Morgan fingerprint density at radius 3 is 2.75 bits per heavy atom. The van der Waals surface area contributed by atoms with Gasteiger partial charge in [-0.25, -0.2) is 0 Å². The maximum Gasteiger partial charge on any atom is 0.110 e. The molecule has 1 aliphatic carbocycles. The van der Waals surface area contributed by atoms with Gasteiger partial charge < -0.3 is 9.64 Å². The second-order valence-corrected chi connectivity index (χ2v) is 7.15. The third kappa shape index (κ3) is 2.63. The largest absolute Gasteiger partial charge is 0.372 e. The summed E-state index contributed by atoms with van der Waals surface area (Å²) in [5.41, 5.74) is -0.234. The van der Waals surface area contributed by atoms with Gasteiger partial charge in [0, 0.05) is 24.4 Å². The summed E-state index contributed by atoms with van der Waals surface area (Å²) < 4.78 is 6.12. The summed E-state index contributed by atoms with van der Waals surface area (Å²) in [6, 6.07) is 6.27. The van der Waals surface area contributed by atoms with Crippen LogP contribution in [0.4, 0.5) is 0 Å². The lowest BCUT2D eigenvalue weighted by atomic mass is 9.68. The van der Waals surface area contributed by atoms with Gasteiger partial charge in [-0.05, 0) is 45.0 Å². The molecule has 1 aromatic rings. The van der Waals surface area contributed by atoms with Crippen LogP contribution in [0.25, 0.3) is 0 Å². The van der Waals surface area contributed by atoms with Crippen molar-refractivity contribution in [3.8, 4) is 6.07 Å². The summed E-state index contributed by atoms with van der Waals surface area (Å²) in [6.45, 7) is 3.31. The van der Waals surface area contributed by atoms with Crippen molar-refractivity contribution in [2.75, 3.05) is 27.7 Å². The Morgan fingerprint density at radius 2 is 2.20 bits per heavy atom. The minimum Gasteiger partial charge on any atom is -0.372 e. The van der Waals surface area contributed by atoms with E-state index in [2.05, 4.69) is 38.1 Å². The molecule has 0 amide bonds. The van der Waals surface area contributed by atoms with Gasteiger partial charge >= 0.3 is 0 Å². The van der Waals surface area contributed by atoms with Crippen molar-refractivity contribution >= 4 is 11.3 Å². The van der Waals surface area contributed by atoms with Crippen molar-refractivity contribution in [1.29, 1.82) is 5.26 Å². The second kappa shape index (κ2) is 6.26. The number of nitriles is 1. The summed E-state index contributed by atoms with van der Waals surface area (Å²) in [5.74, 6) is 0.966. The molecule has 1 saturated carbocycles. The van der Waals surface area contributed by atoms with Gasteiger partial charge in [0.1, 0.15) is 16.5 Å². The molecule has 0 aliphatic heterocycles. The highest BCUT2D eigenvalue weighted by molar-refractivity contribution is 7.12. The molecule has 0 radical (unpaired) electrons. The van der Waals surface area contributed by atoms with E-state index in [1.54, 1.807) is 11.3 Å². The normalized spacial score (nSPS) is 30.4. The van der Waals surface area contributed by atoms with Crippen molar-refractivity contribution in [2.45, 2.75) is 31.8 Å². The fourth-order valence-electron chi connectivity index (χ4n) is 3.69. The van der Waals surface area contributed by atoms with Gasteiger partial charge in [-0.1, -0.05) is 13.3 Å². The maximum absolute atomic E-state index is 9.09. The van der Waals surface area contributed by atoms with Crippen LogP contribution in [0.3, 0.4) is 0 Å². The third-order valence-electron chi connectivity index (χ3n) is 4.55. The zero-order chi connectivity index (χ0) is 14.8. The Labute approximate surface area is 126 Å². The molecule has 0 spiro atoms. The predicted molar refractivity (Wildman–Crippen MR) is 82.8 cm³/mol. The van der Waals surface area contributed by atoms with Crippen molar-refractivity contribution in [2.24, 2.45) is 11.8 Å². The van der Waals surface area contributed by atoms with Crippen LogP contribution in [0.1, 0.15) is 35.9 Å². The van der Waals surface area contributed by atoms with Gasteiger partial charge in [-0.2, -0.15) is 5.26 Å². The van der Waals surface area contributed by atoms with Crippen LogP contribution in [0, 0.1) is 23.2 Å². The van der Waals surface area contributed by atoms with Crippen molar-refractivity contribution in [3.63, 3.8) is 0 Å². The van der Waals surface area contributed by atoms with E-state index in [4.69, 9.17) is 10.00 Å². The Balaban J connectivity index is 2.43. The van der Waals surface area contributed by atoms with Crippen LogP contribution < -0.4 is 0 Å². The Kier molecular flexibility index (Phi) is 4.85. The first-order chi connectivity index (χ1) is 9.54. The van der Waals surface area contributed by atoms with Crippen molar-refractivity contribution in [3.05, 3.63) is 21.9 Å². The van der Waals surface area contributed by atoms with Gasteiger partial charge in [0.25, 0.3) is 0 Å². The third-order valence-corrected chi connectivity index (χ3v) is 5.68. The van der Waals surface area contributed by atoms with Crippen LogP contribution in [0.5, 0.6) is 0 Å². The molecule has 110 valence electrons. The maximum atomic E-state index is 9.09. The smallest absolute Gasteiger partial charge is 0.110 e. The Morgan fingerprint density at radius 1 is 1.45 bits per heavy atom. The number of rotatable bonds is 4. The van der Waals surface area contributed by atoms with Crippen molar-refractivity contribution < 1.29 is 4.74 Å². The van der Waals surface area contributed by atoms with Crippen LogP contribution in [-0.2, 0) is 10.3 Å². The summed E-state index contributed by atoms with van der Waals surface area (Å²) in [4.78, 5) is 4.24. The van der Waals surface area contributed by atoms with E-state index in [0.717, 1.165) is 11.4 Å². The molecule has 3 nitrogen and oxygen atoms in total. The summed E-state index contributed by atoms with van der Waals surface area (Å²) >= 11 is 1.59. The van der Waals surface area contributed by atoms with E-state index in [0.29, 0.717) is 11.8 Å². The highest BCUT2D eigenvalue weighted by atomic mass is 32.1. The predicted octanol–water partition coefficient (Wildman–Crippen LogP) is 3.46. The lowest BCUT2D eigenvalue weighted by Gasteiger charge is -2.48. The van der Waals surface area contributed by atoms with Gasteiger partial charge in [-0.3, -0.25) is 0 Å². The molecule has 1 aromatic heterocycles. The fraction of sp³-hybridized carbons (Fsp3) is 0.688. The minimum absolute atomic E-state index is 0.234. The number of ether oxygens (including phenoxy) is 1. The zero-order valence-corrected chi connectivity index (χ0v) is 13.7. The van der Waals surface area contributed by atoms with E-state index >= 15 is 0 Å². The van der Waals surface area contributed by atoms with Crippen LogP contribution in [0.15, 0.2) is 12.1 Å². The topological polar surface area (TPSA) is 36.3 Å². The highest BCUT2D eigenvalue weighted by Crippen LogP contribution is 2.50. The monoisotopic (exact) mass is 292 g/mol. The van der Waals surface area contributed by atoms with E-state index in [1.165, 1.54) is 24.1 Å². The number of hydrogen-bond acceptors (Lipinski definition) is 4. The Bertz CT molecular complexity index is 491. The van der Waals surface area contributed by atoms with Gasteiger partial charge in [0.2, 0.25) is 0 Å². The molecular formula is C16H24N2OS. The second-order valence-electron chi connectivity index (χ2n) is 6.06. The molecule has 1 heterocycles. The van der Waals surface area contributed by atoms with Crippen molar-refractivity contribution in [1.82, 2.24) is 4.90 Å². The van der Waals surface area contributed by atoms with E-state index in [1.807, 2.05) is 13.2 Å². The van der Waals surface area contributed by atoms with Crippen LogP contribution in [-0.4, -0.2) is 32.6 Å². The Hall–Kier alpha value is -0.890. The molecule has 0 bridgehead atoms. The molecule has 20 heavy (non-hydrogen) atoms. The molecule has 2 rings (SSSR count). The summed E-state index contributed by atoms with van der Waals surface area (Å²) in [5, 5.41) is 9.09. The number of thiophene rings is 1. The minimum atomic E-state index is -0.234. The van der Waals surface area contributed by atoms with E-state index in [-0.39, 0.29) is 5.60 Å². The zero-order valence-electron chi connectivity index (χ0n) is 12.8. The van der Waals surface area contributed by atoms with E-state index < -0.39 is 0 Å². The number of hydrogen-bond donors (Lipinski definition) is 0. The van der Waals surface area contributed by atoms with Crippen LogP contribution in [0.2, 0.25) is 0 Å². The summed E-state index contributed by atoms with van der Waals surface area (Å²) in [7, 11) is 6.07. The molecule has 1 aliphatic rings. The first kappa shape index (κ1) is 15.5. The average Bonchev–Trinajstić information content (AvgIpc) is 2.88. The molecule has 4 heteroatoms. The van der Waals surface area contributed by atoms with Gasteiger partial charge in [0.05, 0.1) is 0 Å². The lowest BCUT2D eigenvalue weighted by Crippen LogP contribution is -2.48. The molecule has 0 N–H and O–H groups in total. The SMILES string of the molecule is COC1(c2ccc(C#N)s2)C(C)CCCC1CN(C)C. The molecular weight excluding hydrogens is 268 g/mol. The average molecular weight is 292 g/mol. The first-order valence-electron chi connectivity index (χ1n) is 7.25. The molecule has 3 unspecified atom stereocenters. The standard InChI is InChI=1S/C16H24N2OS/c1-12-6-5-7-13(11-18(2)3)16(12,19-4)15-9-8-14(10-17)20-15/h8-9,12-13H,5-7,11H2,1-4H3. The molecule has 1 fully saturated rings. The van der Waals surface area contributed by atoms with Gasteiger partial charge in [0.15, 0.2) is 0 Å². The number of methoxy groups -OCH3 is 1. The molecule has 0 aromatic carbocycles. The van der Waals surface area contributed by atoms with Crippen LogP contribution >= 0.6 is 11.3 Å². The van der Waals surface area contributed by atoms with E-state index in [9.17, 15) is 0 Å².